The highest BCUT2D eigenvalue weighted by Crippen LogP contribution is 2.24. The summed E-state index contributed by atoms with van der Waals surface area (Å²) in [6.45, 7) is 0. The van der Waals surface area contributed by atoms with E-state index in [2.05, 4.69) is 17.2 Å². The van der Waals surface area contributed by atoms with E-state index in [1.54, 1.807) is 25.2 Å². The molecule has 0 aliphatic carbocycles. The van der Waals surface area contributed by atoms with Crippen LogP contribution >= 0.6 is 0 Å². The number of imidazole rings is 1. The number of hydrogen-bond acceptors (Lipinski definition) is 4. The van der Waals surface area contributed by atoms with Gasteiger partial charge < -0.3 is 5.11 Å². The highest BCUT2D eigenvalue weighted by atomic mass is 16.4. The van der Waals surface area contributed by atoms with E-state index < -0.39 is 23.6 Å². The first-order chi connectivity index (χ1) is 11.9. The second-order valence-electron chi connectivity index (χ2n) is 5.72. The number of hydrogen-bond donors (Lipinski definition) is 2. The number of rotatable bonds is 2. The van der Waals surface area contributed by atoms with Crippen molar-refractivity contribution in [3.05, 3.63) is 34.2 Å². The predicted octanol–water partition coefficient (Wildman–Crippen LogP) is 0.144. The Hall–Kier alpha value is -3.34. The minimum Gasteiger partial charge on any atom is -0.481 e. The minimum absolute atomic E-state index is 0.164. The van der Waals surface area contributed by atoms with E-state index in [4.69, 9.17) is 5.11 Å². The first kappa shape index (κ1) is 16.5. The average Bonchev–Trinajstić information content (AvgIpc) is 2.80. The second kappa shape index (κ2) is 6.28. The number of aromatic nitrogens is 2. The monoisotopic (exact) mass is 341 g/mol. The number of fused-ring (bicyclic) bond motifs is 1. The third-order valence-corrected chi connectivity index (χ3v) is 4.09. The molecule has 0 spiro atoms. The number of nitrogens with one attached hydrogen (secondary N) is 1. The lowest BCUT2D eigenvalue weighted by Crippen LogP contribution is -2.44. The van der Waals surface area contributed by atoms with Crippen LogP contribution in [0.2, 0.25) is 0 Å². The zero-order valence-corrected chi connectivity index (χ0v) is 13.4. The van der Waals surface area contributed by atoms with E-state index in [1.807, 2.05) is 0 Å². The highest BCUT2D eigenvalue weighted by molar-refractivity contribution is 6.00. The zero-order chi connectivity index (χ0) is 18.1. The van der Waals surface area contributed by atoms with Gasteiger partial charge in [0.25, 0.3) is 0 Å². The first-order valence-electron chi connectivity index (χ1n) is 7.64. The number of carboxylic acid groups (broad SMARTS) is 1. The van der Waals surface area contributed by atoms with Crippen LogP contribution in [0.3, 0.4) is 0 Å². The Bertz CT molecular complexity index is 1020. The van der Waals surface area contributed by atoms with Gasteiger partial charge in [0.05, 0.1) is 16.6 Å². The Labute approximate surface area is 142 Å². The molecule has 1 aliphatic rings. The molecule has 1 saturated heterocycles. The Morgan fingerprint density at radius 2 is 2.12 bits per heavy atom. The zero-order valence-electron chi connectivity index (χ0n) is 13.4. The van der Waals surface area contributed by atoms with Crippen LogP contribution in [0.15, 0.2) is 23.0 Å². The van der Waals surface area contributed by atoms with Crippen LogP contribution in [-0.4, -0.2) is 32.0 Å². The maximum atomic E-state index is 12.7. The summed E-state index contributed by atoms with van der Waals surface area (Å²) in [6, 6.07) is 4.31. The fourth-order valence-electron chi connectivity index (χ4n) is 2.98. The van der Waals surface area contributed by atoms with Gasteiger partial charge in [0, 0.05) is 13.5 Å². The number of benzene rings is 1. The molecule has 0 bridgehead atoms. The lowest BCUT2D eigenvalue weighted by Gasteiger charge is -2.21. The van der Waals surface area contributed by atoms with E-state index in [9.17, 15) is 19.2 Å². The molecule has 1 aliphatic heterocycles. The van der Waals surface area contributed by atoms with E-state index in [-0.39, 0.29) is 25.2 Å². The third kappa shape index (κ3) is 2.92. The lowest BCUT2D eigenvalue weighted by atomic mass is 10.1. The molecule has 2 N–H and O–H groups in total. The van der Waals surface area contributed by atoms with Gasteiger partial charge in [0.15, 0.2) is 0 Å². The van der Waals surface area contributed by atoms with Crippen molar-refractivity contribution < 1.29 is 19.5 Å². The van der Waals surface area contributed by atoms with Gasteiger partial charge >= 0.3 is 11.7 Å². The summed E-state index contributed by atoms with van der Waals surface area (Å²) in [7, 11) is 1.56. The molecule has 2 heterocycles. The highest BCUT2D eigenvalue weighted by Gasteiger charge is 2.31. The Morgan fingerprint density at radius 3 is 2.80 bits per heavy atom. The molecule has 128 valence electrons. The van der Waals surface area contributed by atoms with Gasteiger partial charge in [0.2, 0.25) is 11.8 Å². The summed E-state index contributed by atoms with van der Waals surface area (Å²) in [5, 5.41) is 10.9. The van der Waals surface area contributed by atoms with Crippen LogP contribution in [0, 0.1) is 11.8 Å². The molecule has 2 amide bonds. The number of nitrogens with zero attached hydrogens (tertiary/aromatic N) is 2. The lowest BCUT2D eigenvalue weighted by molar-refractivity contribution is -0.137. The van der Waals surface area contributed by atoms with Crippen molar-refractivity contribution in [2.24, 2.45) is 7.05 Å². The van der Waals surface area contributed by atoms with Crippen molar-refractivity contribution in [3.8, 4) is 11.8 Å². The maximum Gasteiger partial charge on any atom is 0.329 e. The molecule has 8 heteroatoms. The smallest absolute Gasteiger partial charge is 0.329 e. The second-order valence-corrected chi connectivity index (χ2v) is 5.72. The molecular weight excluding hydrogens is 326 g/mol. The van der Waals surface area contributed by atoms with Crippen molar-refractivity contribution in [1.29, 1.82) is 0 Å². The molecule has 25 heavy (non-hydrogen) atoms. The van der Waals surface area contributed by atoms with Gasteiger partial charge in [0.1, 0.15) is 12.5 Å². The fraction of sp³-hybridized carbons (Fsp3) is 0.294. The number of carboxylic acids is 1. The van der Waals surface area contributed by atoms with Crippen LogP contribution < -0.4 is 11.0 Å². The summed E-state index contributed by atoms with van der Waals surface area (Å²) in [6.07, 6.45) is 0.105. The number of carbonyl (C=O) groups excluding carboxylic acids is 2. The van der Waals surface area contributed by atoms with Gasteiger partial charge in [-0.05, 0) is 18.6 Å². The fourth-order valence-corrected chi connectivity index (χ4v) is 2.98. The molecule has 1 atom stereocenters. The normalized spacial score (nSPS) is 17.1. The van der Waals surface area contributed by atoms with E-state index >= 15 is 0 Å². The van der Waals surface area contributed by atoms with E-state index in [1.165, 1.54) is 9.13 Å². The standard InChI is InChI=1S/C17H15N3O5/c1-19-15-10(5-3-7-14(22)23)4-2-6-11(15)20(17(19)25)12-8-9-13(21)18-16(12)24/h2,4,6,12H,7-9H2,1H3,(H,22,23)(H,18,21,24). The molecule has 8 nitrogen and oxygen atoms in total. The van der Waals surface area contributed by atoms with Crippen molar-refractivity contribution in [2.45, 2.75) is 25.3 Å². The van der Waals surface area contributed by atoms with Crippen LogP contribution in [0.25, 0.3) is 11.0 Å². The number of para-hydroxylation sites is 1. The Morgan fingerprint density at radius 1 is 1.36 bits per heavy atom. The summed E-state index contributed by atoms with van der Waals surface area (Å²) < 4.78 is 2.74. The van der Waals surface area contributed by atoms with Crippen molar-refractivity contribution in [2.75, 3.05) is 0 Å². The van der Waals surface area contributed by atoms with Gasteiger partial charge in [-0.15, -0.1) is 0 Å². The van der Waals surface area contributed by atoms with Crippen molar-refractivity contribution in [1.82, 2.24) is 14.5 Å². The average molecular weight is 341 g/mol. The molecule has 1 unspecified atom stereocenters. The van der Waals surface area contributed by atoms with Crippen LogP contribution in [-0.2, 0) is 21.4 Å². The van der Waals surface area contributed by atoms with Gasteiger partial charge in [-0.2, -0.15) is 0 Å². The van der Waals surface area contributed by atoms with E-state index in [0.29, 0.717) is 16.6 Å². The number of imide groups is 1. The molecule has 1 fully saturated rings. The van der Waals surface area contributed by atoms with Crippen LogP contribution in [0.1, 0.15) is 30.9 Å². The van der Waals surface area contributed by atoms with Crippen molar-refractivity contribution >= 4 is 28.8 Å². The number of piperidine rings is 1. The molecule has 1 aromatic carbocycles. The molecule has 0 radical (unpaired) electrons. The first-order valence-corrected chi connectivity index (χ1v) is 7.64. The quantitative estimate of drug-likeness (QED) is 0.596. The largest absolute Gasteiger partial charge is 0.481 e. The van der Waals surface area contributed by atoms with Crippen LogP contribution in [0.5, 0.6) is 0 Å². The topological polar surface area (TPSA) is 110 Å². The Balaban J connectivity index is 2.15. The molecule has 1 aromatic heterocycles. The molecule has 0 saturated carbocycles. The van der Waals surface area contributed by atoms with Gasteiger partial charge in [-0.3, -0.25) is 28.8 Å². The third-order valence-electron chi connectivity index (χ3n) is 4.09. The molecule has 2 aromatic rings. The number of aliphatic carboxylic acids is 1. The molecule has 3 rings (SSSR count). The Kier molecular flexibility index (Phi) is 4.15. The SMILES string of the molecule is Cn1c(=O)n(C2CCC(=O)NC2=O)c2cccc(C#CCC(=O)O)c21. The van der Waals surface area contributed by atoms with Gasteiger partial charge in [-0.25, -0.2) is 4.79 Å². The summed E-state index contributed by atoms with van der Waals surface area (Å²) in [4.78, 5) is 46.8. The van der Waals surface area contributed by atoms with Crippen LogP contribution in [0.4, 0.5) is 0 Å². The molecular formula is C17H15N3O5. The minimum atomic E-state index is -1.03. The van der Waals surface area contributed by atoms with Gasteiger partial charge in [-0.1, -0.05) is 17.9 Å². The van der Waals surface area contributed by atoms with E-state index in [0.717, 1.165) is 0 Å². The van der Waals surface area contributed by atoms with Crippen molar-refractivity contribution in [3.63, 3.8) is 0 Å². The number of amides is 2. The summed E-state index contributed by atoms with van der Waals surface area (Å²) >= 11 is 0. The summed E-state index contributed by atoms with van der Waals surface area (Å²) in [5.41, 5.74) is 1.15. The number of carbonyl (C=O) groups is 3. The predicted molar refractivity (Wildman–Crippen MR) is 87.7 cm³/mol. The maximum absolute atomic E-state index is 12.7. The number of aryl methyl sites for hydroxylation is 1. The summed E-state index contributed by atoms with van der Waals surface area (Å²) in [5.74, 6) is 3.42.